The molecule has 1 aromatic carbocycles. The molecule has 168 valence electrons. The quantitative estimate of drug-likeness (QED) is 0.589. The maximum atomic E-state index is 13.5. The Balaban J connectivity index is 1.58. The van der Waals surface area contributed by atoms with Crippen LogP contribution in [-0.2, 0) is 16.0 Å². The summed E-state index contributed by atoms with van der Waals surface area (Å²) < 4.78 is 18.7. The highest BCUT2D eigenvalue weighted by Gasteiger charge is 2.40. The molecular weight excluding hydrogens is 399 g/mol. The third-order valence-corrected chi connectivity index (χ3v) is 5.79. The van der Waals surface area contributed by atoms with Crippen LogP contribution in [0.5, 0.6) is 0 Å². The van der Waals surface area contributed by atoms with Crippen LogP contribution in [0.2, 0.25) is 0 Å². The Kier molecular flexibility index (Phi) is 7.76. The van der Waals surface area contributed by atoms with E-state index in [0.717, 1.165) is 32.1 Å². The molecule has 2 aromatic rings. The summed E-state index contributed by atoms with van der Waals surface area (Å²) in [6.45, 7) is 4.37. The largest absolute Gasteiger partial charge is 0.354 e. The molecule has 0 unspecified atom stereocenters. The van der Waals surface area contributed by atoms with Crippen LogP contribution in [0.1, 0.15) is 69.7 Å². The van der Waals surface area contributed by atoms with Crippen LogP contribution in [-0.4, -0.2) is 34.0 Å². The highest BCUT2D eigenvalue weighted by molar-refractivity contribution is 5.91. The van der Waals surface area contributed by atoms with E-state index < -0.39 is 5.54 Å². The van der Waals surface area contributed by atoms with Gasteiger partial charge in [-0.1, -0.05) is 37.8 Å². The molecule has 2 N–H and O–H groups in total. The first-order chi connectivity index (χ1) is 14.9. The van der Waals surface area contributed by atoms with Crippen molar-refractivity contribution in [3.05, 3.63) is 35.5 Å². The van der Waals surface area contributed by atoms with Gasteiger partial charge < -0.3 is 15.2 Å². The number of amides is 2. The molecule has 0 bridgehead atoms. The zero-order valence-corrected chi connectivity index (χ0v) is 18.3. The average molecular weight is 431 g/mol. The number of nitrogens with one attached hydrogen (secondary N) is 2. The molecule has 0 saturated heterocycles. The fourth-order valence-electron chi connectivity index (χ4n) is 3.92. The number of rotatable bonds is 9. The molecular formula is C23H31FN4O3. The monoisotopic (exact) mass is 430 g/mol. The summed E-state index contributed by atoms with van der Waals surface area (Å²) in [5, 5.41) is 9.91. The van der Waals surface area contributed by atoms with E-state index in [0.29, 0.717) is 42.2 Å². The van der Waals surface area contributed by atoms with Gasteiger partial charge in [-0.15, -0.1) is 0 Å². The second-order valence-corrected chi connectivity index (χ2v) is 8.28. The molecule has 0 aliphatic heterocycles. The van der Waals surface area contributed by atoms with E-state index in [9.17, 15) is 14.0 Å². The first-order valence-corrected chi connectivity index (χ1v) is 11.1. The SMILES string of the molecule is CCCCNC(=O)C1(NC(=O)CCc2nc(-c3ccc(F)c(C)c3)no2)CCCCC1. The van der Waals surface area contributed by atoms with E-state index in [1.165, 1.54) is 6.07 Å². The van der Waals surface area contributed by atoms with Crippen LogP contribution in [0.3, 0.4) is 0 Å². The number of aryl methyl sites for hydroxylation is 2. The Morgan fingerprint density at radius 3 is 2.71 bits per heavy atom. The lowest BCUT2D eigenvalue weighted by Gasteiger charge is -2.36. The molecule has 1 aromatic heterocycles. The molecule has 2 amide bonds. The molecule has 1 fully saturated rings. The smallest absolute Gasteiger partial charge is 0.245 e. The van der Waals surface area contributed by atoms with Gasteiger partial charge in [0.25, 0.3) is 0 Å². The minimum Gasteiger partial charge on any atom is -0.354 e. The fourth-order valence-corrected chi connectivity index (χ4v) is 3.92. The van der Waals surface area contributed by atoms with Gasteiger partial charge >= 0.3 is 0 Å². The van der Waals surface area contributed by atoms with Crippen molar-refractivity contribution in [2.75, 3.05) is 6.54 Å². The summed E-state index contributed by atoms with van der Waals surface area (Å²) in [6, 6.07) is 4.61. The number of carbonyl (C=O) groups excluding carboxylic acids is 2. The third kappa shape index (κ3) is 5.89. The van der Waals surface area contributed by atoms with Crippen molar-refractivity contribution in [2.45, 2.75) is 77.2 Å². The first-order valence-electron chi connectivity index (χ1n) is 11.1. The third-order valence-electron chi connectivity index (χ3n) is 5.79. The van der Waals surface area contributed by atoms with Gasteiger partial charge in [-0.05, 0) is 49.9 Å². The first kappa shape index (κ1) is 22.9. The van der Waals surface area contributed by atoms with Gasteiger partial charge in [0.1, 0.15) is 11.4 Å². The molecule has 1 aliphatic carbocycles. The van der Waals surface area contributed by atoms with Crippen LogP contribution in [0.25, 0.3) is 11.4 Å². The summed E-state index contributed by atoms with van der Waals surface area (Å²) in [7, 11) is 0. The van der Waals surface area contributed by atoms with Crippen molar-refractivity contribution in [3.63, 3.8) is 0 Å². The number of hydrogen-bond acceptors (Lipinski definition) is 5. The lowest BCUT2D eigenvalue weighted by molar-refractivity contribution is -0.135. The zero-order valence-electron chi connectivity index (χ0n) is 18.3. The van der Waals surface area contributed by atoms with E-state index in [-0.39, 0.29) is 30.5 Å². The Morgan fingerprint density at radius 1 is 1.23 bits per heavy atom. The van der Waals surface area contributed by atoms with Crippen molar-refractivity contribution in [2.24, 2.45) is 0 Å². The predicted octanol–water partition coefficient (Wildman–Crippen LogP) is 3.85. The maximum absolute atomic E-state index is 13.5. The van der Waals surface area contributed by atoms with Crippen LogP contribution < -0.4 is 10.6 Å². The highest BCUT2D eigenvalue weighted by atomic mass is 19.1. The number of aromatic nitrogens is 2. The molecule has 7 nitrogen and oxygen atoms in total. The van der Waals surface area contributed by atoms with Crippen LogP contribution in [0, 0.1) is 12.7 Å². The standard InChI is InChI=1S/C23H31FN4O3/c1-3-4-14-25-22(30)23(12-6-5-7-13-23)27-19(29)10-11-20-26-21(28-31-20)17-8-9-18(24)16(2)15-17/h8-9,15H,3-7,10-14H2,1-2H3,(H,25,30)(H,27,29). The number of benzene rings is 1. The Morgan fingerprint density at radius 2 is 2.00 bits per heavy atom. The molecule has 0 atom stereocenters. The van der Waals surface area contributed by atoms with E-state index >= 15 is 0 Å². The Labute approximate surface area is 182 Å². The number of carbonyl (C=O) groups is 2. The van der Waals surface area contributed by atoms with Gasteiger partial charge in [-0.3, -0.25) is 9.59 Å². The number of unbranched alkanes of at least 4 members (excludes halogenated alkanes) is 1. The summed E-state index contributed by atoms with van der Waals surface area (Å²) in [4.78, 5) is 29.8. The molecule has 0 radical (unpaired) electrons. The average Bonchev–Trinajstić information content (AvgIpc) is 3.24. The number of halogens is 1. The number of hydrogen-bond donors (Lipinski definition) is 2. The topological polar surface area (TPSA) is 97.1 Å². The van der Waals surface area contributed by atoms with Gasteiger partial charge in [-0.25, -0.2) is 4.39 Å². The predicted molar refractivity (Wildman–Crippen MR) is 115 cm³/mol. The maximum Gasteiger partial charge on any atom is 0.245 e. The van der Waals surface area contributed by atoms with Crippen molar-refractivity contribution in [3.8, 4) is 11.4 Å². The Bertz CT molecular complexity index is 906. The molecule has 3 rings (SSSR count). The van der Waals surface area contributed by atoms with Crippen LogP contribution in [0.4, 0.5) is 4.39 Å². The van der Waals surface area contributed by atoms with E-state index in [1.807, 2.05) is 0 Å². The normalized spacial score (nSPS) is 15.5. The van der Waals surface area contributed by atoms with Gasteiger partial charge in [0.2, 0.25) is 23.5 Å². The second-order valence-electron chi connectivity index (χ2n) is 8.28. The van der Waals surface area contributed by atoms with Crippen molar-refractivity contribution in [1.29, 1.82) is 0 Å². The lowest BCUT2D eigenvalue weighted by atomic mass is 9.80. The summed E-state index contributed by atoms with van der Waals surface area (Å²) in [5.74, 6) is 0.111. The van der Waals surface area contributed by atoms with E-state index in [2.05, 4.69) is 27.7 Å². The van der Waals surface area contributed by atoms with E-state index in [1.54, 1.807) is 19.1 Å². The van der Waals surface area contributed by atoms with Gasteiger partial charge in [-0.2, -0.15) is 4.98 Å². The van der Waals surface area contributed by atoms with Gasteiger partial charge in [0.05, 0.1) is 0 Å². The molecule has 31 heavy (non-hydrogen) atoms. The Hall–Kier alpha value is -2.77. The molecule has 1 saturated carbocycles. The summed E-state index contributed by atoms with van der Waals surface area (Å²) >= 11 is 0. The van der Waals surface area contributed by atoms with Crippen molar-refractivity contribution >= 4 is 11.8 Å². The molecule has 0 spiro atoms. The van der Waals surface area contributed by atoms with Crippen LogP contribution >= 0.6 is 0 Å². The molecule has 8 heteroatoms. The molecule has 1 aliphatic rings. The van der Waals surface area contributed by atoms with Crippen molar-refractivity contribution < 1.29 is 18.5 Å². The van der Waals surface area contributed by atoms with E-state index in [4.69, 9.17) is 4.52 Å². The minimum atomic E-state index is -0.825. The number of nitrogens with zero attached hydrogens (tertiary/aromatic N) is 2. The van der Waals surface area contributed by atoms with Crippen LogP contribution in [0.15, 0.2) is 22.7 Å². The fraction of sp³-hybridized carbons (Fsp3) is 0.565. The molecule has 1 heterocycles. The summed E-state index contributed by atoms with van der Waals surface area (Å²) in [5.41, 5.74) is 0.329. The zero-order chi connectivity index (χ0) is 22.3. The second kappa shape index (κ2) is 10.5. The van der Waals surface area contributed by atoms with Crippen molar-refractivity contribution in [1.82, 2.24) is 20.8 Å². The minimum absolute atomic E-state index is 0.0826. The van der Waals surface area contributed by atoms with Gasteiger partial charge in [0, 0.05) is 24.9 Å². The lowest BCUT2D eigenvalue weighted by Crippen LogP contribution is -2.59. The highest BCUT2D eigenvalue weighted by Crippen LogP contribution is 2.29. The van der Waals surface area contributed by atoms with Gasteiger partial charge in [0.15, 0.2) is 0 Å². The summed E-state index contributed by atoms with van der Waals surface area (Å²) in [6.07, 6.45) is 6.58.